The van der Waals surface area contributed by atoms with Crippen LogP contribution in [0.4, 0.5) is 0 Å². The Morgan fingerprint density at radius 1 is 1.41 bits per heavy atom. The lowest BCUT2D eigenvalue weighted by Gasteiger charge is -2.26. The fourth-order valence-corrected chi connectivity index (χ4v) is 2.58. The maximum Gasteiger partial charge on any atom is 0.265 e. The SMILES string of the molecule is CN1CCC2(C1)Oc1ccccc1CNC2=O. The fourth-order valence-electron chi connectivity index (χ4n) is 2.58. The van der Waals surface area contributed by atoms with E-state index in [0.29, 0.717) is 13.1 Å². The summed E-state index contributed by atoms with van der Waals surface area (Å²) in [6, 6.07) is 7.84. The average Bonchev–Trinajstić information content (AvgIpc) is 2.63. The standard InChI is InChI=1S/C13H16N2O2/c1-15-7-6-13(9-15)12(16)14-8-10-4-2-3-5-11(10)17-13/h2-5H,6-9H2,1H3,(H,14,16). The van der Waals surface area contributed by atoms with E-state index in [1.54, 1.807) is 0 Å². The van der Waals surface area contributed by atoms with E-state index in [0.717, 1.165) is 24.3 Å². The first kappa shape index (κ1) is 10.6. The van der Waals surface area contributed by atoms with Crippen LogP contribution >= 0.6 is 0 Å². The van der Waals surface area contributed by atoms with Crippen molar-refractivity contribution in [2.45, 2.75) is 18.6 Å². The number of fused-ring (bicyclic) bond motifs is 1. The van der Waals surface area contributed by atoms with E-state index in [2.05, 4.69) is 10.2 Å². The van der Waals surface area contributed by atoms with Crippen LogP contribution in [0, 0.1) is 0 Å². The highest BCUT2D eigenvalue weighted by atomic mass is 16.5. The number of rotatable bonds is 0. The topological polar surface area (TPSA) is 41.6 Å². The van der Waals surface area contributed by atoms with Gasteiger partial charge in [0, 0.05) is 31.6 Å². The molecule has 0 bridgehead atoms. The summed E-state index contributed by atoms with van der Waals surface area (Å²) in [5, 5.41) is 2.96. The lowest BCUT2D eigenvalue weighted by Crippen LogP contribution is -2.51. The lowest BCUT2D eigenvalue weighted by atomic mass is 10.0. The number of nitrogens with one attached hydrogen (secondary N) is 1. The molecule has 1 aromatic rings. The molecule has 0 aliphatic carbocycles. The Bertz CT molecular complexity index is 460. The zero-order valence-electron chi connectivity index (χ0n) is 9.90. The van der Waals surface area contributed by atoms with Gasteiger partial charge in [-0.05, 0) is 13.1 Å². The van der Waals surface area contributed by atoms with E-state index >= 15 is 0 Å². The number of ether oxygens (including phenoxy) is 1. The molecule has 2 aliphatic heterocycles. The molecule has 90 valence electrons. The zero-order valence-corrected chi connectivity index (χ0v) is 9.90. The van der Waals surface area contributed by atoms with E-state index in [9.17, 15) is 4.79 Å². The summed E-state index contributed by atoms with van der Waals surface area (Å²) in [6.45, 7) is 2.11. The van der Waals surface area contributed by atoms with Gasteiger partial charge in [0.2, 0.25) is 5.60 Å². The molecule has 1 fully saturated rings. The summed E-state index contributed by atoms with van der Waals surface area (Å²) < 4.78 is 6.03. The largest absolute Gasteiger partial charge is 0.476 e. The van der Waals surface area contributed by atoms with Crippen molar-refractivity contribution in [1.29, 1.82) is 0 Å². The van der Waals surface area contributed by atoms with Crippen molar-refractivity contribution in [2.75, 3.05) is 20.1 Å². The predicted octanol–water partition coefficient (Wildman–Crippen LogP) is 0.769. The normalized spacial score (nSPS) is 28.4. The van der Waals surface area contributed by atoms with Gasteiger partial charge in [0.05, 0.1) is 0 Å². The second-order valence-corrected chi connectivity index (χ2v) is 4.87. The zero-order chi connectivity index (χ0) is 11.9. The molecule has 17 heavy (non-hydrogen) atoms. The number of likely N-dealkylation sites (N-methyl/N-ethyl adjacent to an activating group) is 1. The Morgan fingerprint density at radius 2 is 2.24 bits per heavy atom. The summed E-state index contributed by atoms with van der Waals surface area (Å²) >= 11 is 0. The van der Waals surface area contributed by atoms with E-state index in [1.165, 1.54) is 0 Å². The van der Waals surface area contributed by atoms with Crippen LogP contribution in [0.2, 0.25) is 0 Å². The van der Waals surface area contributed by atoms with Crippen molar-refractivity contribution in [3.8, 4) is 5.75 Å². The van der Waals surface area contributed by atoms with Gasteiger partial charge in [0.15, 0.2) is 0 Å². The van der Waals surface area contributed by atoms with Crippen LogP contribution in [-0.4, -0.2) is 36.5 Å². The quantitative estimate of drug-likeness (QED) is 0.718. The summed E-state index contributed by atoms with van der Waals surface area (Å²) in [7, 11) is 2.02. The van der Waals surface area contributed by atoms with Crippen molar-refractivity contribution in [3.63, 3.8) is 0 Å². The molecule has 0 radical (unpaired) electrons. The van der Waals surface area contributed by atoms with Gasteiger partial charge in [0.1, 0.15) is 5.75 Å². The van der Waals surface area contributed by atoms with Crippen LogP contribution in [0.3, 0.4) is 0 Å². The molecule has 3 rings (SSSR count). The highest BCUT2D eigenvalue weighted by molar-refractivity contribution is 5.87. The Kier molecular flexibility index (Phi) is 2.33. The van der Waals surface area contributed by atoms with Crippen LogP contribution in [0.5, 0.6) is 5.75 Å². The molecule has 2 aliphatic rings. The van der Waals surface area contributed by atoms with Crippen LogP contribution in [0.15, 0.2) is 24.3 Å². The van der Waals surface area contributed by atoms with Crippen LogP contribution in [-0.2, 0) is 11.3 Å². The van der Waals surface area contributed by atoms with Gasteiger partial charge in [-0.3, -0.25) is 4.79 Å². The molecule has 0 saturated carbocycles. The van der Waals surface area contributed by atoms with Gasteiger partial charge in [-0.1, -0.05) is 18.2 Å². The molecule has 2 heterocycles. The third-order valence-corrected chi connectivity index (χ3v) is 3.55. The van der Waals surface area contributed by atoms with Crippen molar-refractivity contribution in [1.82, 2.24) is 10.2 Å². The Labute approximate surface area is 101 Å². The molecule has 1 aromatic carbocycles. The smallest absolute Gasteiger partial charge is 0.265 e. The van der Waals surface area contributed by atoms with Gasteiger partial charge in [-0.2, -0.15) is 0 Å². The first-order valence-electron chi connectivity index (χ1n) is 5.93. The molecule has 0 aromatic heterocycles. The van der Waals surface area contributed by atoms with Gasteiger partial charge in [-0.25, -0.2) is 0 Å². The Morgan fingerprint density at radius 3 is 3.00 bits per heavy atom. The Balaban J connectivity index is 1.99. The number of nitrogens with zero attached hydrogens (tertiary/aromatic N) is 1. The van der Waals surface area contributed by atoms with E-state index in [1.807, 2.05) is 31.3 Å². The number of para-hydroxylation sites is 1. The number of hydrogen-bond acceptors (Lipinski definition) is 3. The summed E-state index contributed by atoms with van der Waals surface area (Å²) in [6.07, 6.45) is 0.754. The monoisotopic (exact) mass is 232 g/mol. The number of likely N-dealkylation sites (tertiary alicyclic amines) is 1. The molecular formula is C13H16N2O2. The molecule has 1 atom stereocenters. The van der Waals surface area contributed by atoms with Crippen LogP contribution in [0.1, 0.15) is 12.0 Å². The van der Waals surface area contributed by atoms with E-state index in [-0.39, 0.29) is 5.91 Å². The van der Waals surface area contributed by atoms with Crippen molar-refractivity contribution in [2.24, 2.45) is 0 Å². The minimum atomic E-state index is -0.693. The number of benzene rings is 1. The maximum absolute atomic E-state index is 12.2. The molecule has 1 unspecified atom stereocenters. The molecular weight excluding hydrogens is 216 g/mol. The number of hydrogen-bond donors (Lipinski definition) is 1. The molecule has 4 nitrogen and oxygen atoms in total. The number of carbonyl (C=O) groups is 1. The van der Waals surface area contributed by atoms with Gasteiger partial charge in [0.25, 0.3) is 5.91 Å². The highest BCUT2D eigenvalue weighted by Crippen LogP contribution is 2.32. The number of carbonyl (C=O) groups excluding carboxylic acids is 1. The lowest BCUT2D eigenvalue weighted by molar-refractivity contribution is -0.135. The first-order chi connectivity index (χ1) is 8.20. The van der Waals surface area contributed by atoms with Gasteiger partial charge >= 0.3 is 0 Å². The van der Waals surface area contributed by atoms with Gasteiger partial charge < -0.3 is 15.0 Å². The average molecular weight is 232 g/mol. The highest BCUT2D eigenvalue weighted by Gasteiger charge is 2.47. The fraction of sp³-hybridized carbons (Fsp3) is 0.462. The van der Waals surface area contributed by atoms with E-state index < -0.39 is 5.60 Å². The van der Waals surface area contributed by atoms with Crippen molar-refractivity contribution < 1.29 is 9.53 Å². The minimum absolute atomic E-state index is 0.0121. The third-order valence-electron chi connectivity index (χ3n) is 3.55. The Hall–Kier alpha value is -1.55. The molecule has 1 N–H and O–H groups in total. The van der Waals surface area contributed by atoms with E-state index in [4.69, 9.17) is 4.74 Å². The predicted molar refractivity (Wildman–Crippen MR) is 63.8 cm³/mol. The molecule has 1 amide bonds. The number of amides is 1. The molecule has 1 spiro atoms. The molecule has 4 heteroatoms. The van der Waals surface area contributed by atoms with Crippen LogP contribution < -0.4 is 10.1 Å². The third kappa shape index (κ3) is 1.69. The maximum atomic E-state index is 12.2. The second-order valence-electron chi connectivity index (χ2n) is 4.87. The molecule has 1 saturated heterocycles. The van der Waals surface area contributed by atoms with Crippen molar-refractivity contribution in [3.05, 3.63) is 29.8 Å². The first-order valence-corrected chi connectivity index (χ1v) is 5.93. The summed E-state index contributed by atoms with van der Waals surface area (Å²) in [5.41, 5.74) is 0.355. The van der Waals surface area contributed by atoms with Crippen LogP contribution in [0.25, 0.3) is 0 Å². The minimum Gasteiger partial charge on any atom is -0.476 e. The van der Waals surface area contributed by atoms with Gasteiger partial charge in [-0.15, -0.1) is 0 Å². The summed E-state index contributed by atoms with van der Waals surface area (Å²) in [4.78, 5) is 14.3. The summed E-state index contributed by atoms with van der Waals surface area (Å²) in [5.74, 6) is 0.846. The van der Waals surface area contributed by atoms with Crippen molar-refractivity contribution >= 4 is 5.91 Å². The second kappa shape index (κ2) is 3.74.